The van der Waals surface area contributed by atoms with Gasteiger partial charge in [-0.3, -0.25) is 4.79 Å². The molecular formula is C19H22N4O5S. The van der Waals surface area contributed by atoms with E-state index < -0.39 is 10.0 Å². The number of benzene rings is 1. The molecule has 0 radical (unpaired) electrons. The third-order valence-corrected chi connectivity index (χ3v) is 5.60. The minimum Gasteiger partial charge on any atom is -0.468 e. The smallest absolute Gasteiger partial charge is 0.251 e. The minimum absolute atomic E-state index is 0.0149. The molecule has 1 aromatic carbocycles. The molecule has 29 heavy (non-hydrogen) atoms. The Bertz CT molecular complexity index is 1070. The Kier molecular flexibility index (Phi) is 6.45. The van der Waals surface area contributed by atoms with Crippen molar-refractivity contribution in [2.24, 2.45) is 0 Å². The van der Waals surface area contributed by atoms with Crippen LogP contribution in [-0.2, 0) is 23.0 Å². The predicted molar refractivity (Wildman–Crippen MR) is 104 cm³/mol. The highest BCUT2D eigenvalue weighted by molar-refractivity contribution is 7.89. The topological polar surface area (TPSA) is 127 Å². The van der Waals surface area contributed by atoms with Gasteiger partial charge < -0.3 is 14.3 Å². The molecular weight excluding hydrogens is 396 g/mol. The van der Waals surface area contributed by atoms with E-state index in [4.69, 9.17) is 8.94 Å². The number of furan rings is 1. The van der Waals surface area contributed by atoms with Gasteiger partial charge in [0.15, 0.2) is 5.82 Å². The zero-order valence-corrected chi connectivity index (χ0v) is 17.0. The van der Waals surface area contributed by atoms with Crippen molar-refractivity contribution in [3.63, 3.8) is 0 Å². The van der Waals surface area contributed by atoms with Crippen molar-refractivity contribution in [2.45, 2.75) is 38.1 Å². The molecule has 2 aromatic heterocycles. The maximum Gasteiger partial charge on any atom is 0.251 e. The molecule has 10 heteroatoms. The number of sulfonamides is 1. The van der Waals surface area contributed by atoms with E-state index in [0.29, 0.717) is 48.0 Å². The summed E-state index contributed by atoms with van der Waals surface area (Å²) in [5.41, 5.74) is 0.986. The fraction of sp³-hybridized carbons (Fsp3) is 0.316. The summed E-state index contributed by atoms with van der Waals surface area (Å²) in [5.74, 6) is 1.24. The second-order valence-corrected chi connectivity index (χ2v) is 8.24. The highest BCUT2D eigenvalue weighted by Gasteiger charge is 2.18. The Morgan fingerprint density at radius 3 is 2.72 bits per heavy atom. The summed E-state index contributed by atoms with van der Waals surface area (Å²) in [6.45, 7) is 3.91. The van der Waals surface area contributed by atoms with Crippen molar-refractivity contribution in [1.82, 2.24) is 20.2 Å². The van der Waals surface area contributed by atoms with Crippen molar-refractivity contribution in [1.29, 1.82) is 0 Å². The van der Waals surface area contributed by atoms with Gasteiger partial charge in [-0.25, -0.2) is 13.1 Å². The Hall–Kier alpha value is -2.98. The van der Waals surface area contributed by atoms with Crippen LogP contribution in [0.3, 0.4) is 0 Å². The molecule has 0 aliphatic heterocycles. The molecule has 0 atom stereocenters. The lowest BCUT2D eigenvalue weighted by atomic mass is 10.1. The normalized spacial score (nSPS) is 11.5. The van der Waals surface area contributed by atoms with Crippen molar-refractivity contribution in [3.05, 3.63) is 65.2 Å². The van der Waals surface area contributed by atoms with Crippen LogP contribution < -0.4 is 10.0 Å². The van der Waals surface area contributed by atoms with Crippen molar-refractivity contribution >= 4 is 15.9 Å². The van der Waals surface area contributed by atoms with Gasteiger partial charge in [0.25, 0.3) is 5.91 Å². The third kappa shape index (κ3) is 5.52. The molecule has 0 fully saturated rings. The van der Waals surface area contributed by atoms with Crippen LogP contribution in [0, 0.1) is 13.8 Å². The Labute approximate surface area is 168 Å². The fourth-order valence-corrected chi connectivity index (χ4v) is 3.67. The molecule has 0 bridgehead atoms. The number of carbonyl (C=O) groups is 1. The van der Waals surface area contributed by atoms with Crippen LogP contribution in [0.1, 0.15) is 39.8 Å². The first-order chi connectivity index (χ1) is 13.8. The maximum atomic E-state index is 12.5. The predicted octanol–water partition coefficient (Wildman–Crippen LogP) is 2.12. The van der Waals surface area contributed by atoms with Gasteiger partial charge in [-0.05, 0) is 50.1 Å². The highest BCUT2D eigenvalue weighted by Crippen LogP contribution is 2.16. The molecule has 154 valence electrons. The number of amides is 1. The summed E-state index contributed by atoms with van der Waals surface area (Å²) in [6, 6.07) is 7.80. The van der Waals surface area contributed by atoms with E-state index in [-0.39, 0.29) is 17.3 Å². The minimum atomic E-state index is -3.79. The van der Waals surface area contributed by atoms with Crippen LogP contribution in [0.2, 0.25) is 0 Å². The molecule has 9 nitrogen and oxygen atoms in total. The van der Waals surface area contributed by atoms with E-state index in [0.717, 1.165) is 0 Å². The molecule has 0 spiro atoms. The van der Waals surface area contributed by atoms with Crippen LogP contribution in [0.15, 0.2) is 50.4 Å². The second kappa shape index (κ2) is 9.01. The third-order valence-electron chi connectivity index (χ3n) is 4.20. The number of rotatable bonds is 9. The Morgan fingerprint density at radius 1 is 1.21 bits per heavy atom. The van der Waals surface area contributed by atoms with Crippen LogP contribution in [0.4, 0.5) is 0 Å². The summed E-state index contributed by atoms with van der Waals surface area (Å²) in [6.07, 6.45) is 2.64. The highest BCUT2D eigenvalue weighted by atomic mass is 32.2. The number of carbonyl (C=O) groups excluding carboxylic acids is 1. The quantitative estimate of drug-likeness (QED) is 0.510. The number of hydrogen-bond donors (Lipinski definition) is 2. The first kappa shape index (κ1) is 20.7. The molecule has 3 rings (SSSR count). The number of aromatic nitrogens is 2. The summed E-state index contributed by atoms with van der Waals surface area (Å²) in [5, 5.41) is 6.50. The fourth-order valence-electron chi connectivity index (χ4n) is 2.65. The molecule has 0 unspecified atom stereocenters. The van der Waals surface area contributed by atoms with Gasteiger partial charge in [-0.1, -0.05) is 11.2 Å². The zero-order valence-electron chi connectivity index (χ0n) is 16.1. The molecule has 2 N–H and O–H groups in total. The van der Waals surface area contributed by atoms with Crippen molar-refractivity contribution in [3.8, 4) is 0 Å². The van der Waals surface area contributed by atoms with E-state index in [2.05, 4.69) is 20.2 Å². The largest absolute Gasteiger partial charge is 0.468 e. The Balaban J connectivity index is 1.60. The first-order valence-corrected chi connectivity index (χ1v) is 10.5. The lowest BCUT2D eigenvalue weighted by molar-refractivity contribution is 0.0952. The number of nitrogens with one attached hydrogen (secondary N) is 2. The molecule has 1 amide bonds. The lowest BCUT2D eigenvalue weighted by Crippen LogP contribution is -2.27. The van der Waals surface area contributed by atoms with E-state index in [1.165, 1.54) is 18.4 Å². The maximum absolute atomic E-state index is 12.5. The summed E-state index contributed by atoms with van der Waals surface area (Å²) >= 11 is 0. The van der Waals surface area contributed by atoms with E-state index >= 15 is 0 Å². The SMILES string of the molecule is Cc1noc(CCCNC(=O)c2cc(S(=O)(=O)NCc3ccco3)ccc2C)n1. The van der Waals surface area contributed by atoms with Gasteiger partial charge in [0, 0.05) is 18.5 Å². The van der Waals surface area contributed by atoms with Gasteiger partial charge in [0.1, 0.15) is 5.76 Å². The summed E-state index contributed by atoms with van der Waals surface area (Å²) < 4.78 is 37.7. The molecule has 0 aliphatic rings. The van der Waals surface area contributed by atoms with E-state index in [9.17, 15) is 13.2 Å². The van der Waals surface area contributed by atoms with Crippen LogP contribution in [0.5, 0.6) is 0 Å². The first-order valence-electron chi connectivity index (χ1n) is 9.05. The molecule has 3 aromatic rings. The van der Waals surface area contributed by atoms with Crippen LogP contribution >= 0.6 is 0 Å². The lowest BCUT2D eigenvalue weighted by Gasteiger charge is -2.11. The van der Waals surface area contributed by atoms with Crippen molar-refractivity contribution in [2.75, 3.05) is 6.54 Å². The molecule has 0 aliphatic carbocycles. The van der Waals surface area contributed by atoms with Crippen LogP contribution in [-0.4, -0.2) is 31.0 Å². The monoisotopic (exact) mass is 418 g/mol. The van der Waals surface area contributed by atoms with Gasteiger partial charge in [0.2, 0.25) is 15.9 Å². The number of hydrogen-bond acceptors (Lipinski definition) is 7. The molecule has 2 heterocycles. The van der Waals surface area contributed by atoms with Crippen molar-refractivity contribution < 1.29 is 22.2 Å². The summed E-state index contributed by atoms with van der Waals surface area (Å²) in [7, 11) is -3.79. The van der Waals surface area contributed by atoms with E-state index in [1.807, 2.05) is 0 Å². The van der Waals surface area contributed by atoms with Gasteiger partial charge in [-0.2, -0.15) is 4.98 Å². The average molecular weight is 418 g/mol. The van der Waals surface area contributed by atoms with Gasteiger partial charge in [-0.15, -0.1) is 0 Å². The molecule has 0 saturated carbocycles. The number of nitrogens with zero attached hydrogens (tertiary/aromatic N) is 2. The second-order valence-electron chi connectivity index (χ2n) is 6.48. The summed E-state index contributed by atoms with van der Waals surface area (Å²) in [4.78, 5) is 16.6. The van der Waals surface area contributed by atoms with Gasteiger partial charge >= 0.3 is 0 Å². The van der Waals surface area contributed by atoms with E-state index in [1.54, 1.807) is 32.0 Å². The van der Waals surface area contributed by atoms with Crippen LogP contribution in [0.25, 0.3) is 0 Å². The standard InChI is InChI=1S/C19H22N4O5S/c1-13-7-8-16(29(25,26)21-12-15-5-4-10-27-15)11-17(13)19(24)20-9-3-6-18-22-14(2)23-28-18/h4-5,7-8,10-11,21H,3,6,9,12H2,1-2H3,(H,20,24). The Morgan fingerprint density at radius 2 is 2.03 bits per heavy atom. The average Bonchev–Trinajstić information content (AvgIpc) is 3.35. The number of aryl methyl sites for hydroxylation is 3. The molecule has 0 saturated heterocycles. The zero-order chi connectivity index (χ0) is 20.9. The van der Waals surface area contributed by atoms with Gasteiger partial charge in [0.05, 0.1) is 17.7 Å².